The van der Waals surface area contributed by atoms with Gasteiger partial charge in [-0.15, -0.1) is 0 Å². The lowest BCUT2D eigenvalue weighted by atomic mass is 10.2. The van der Waals surface area contributed by atoms with Crippen LogP contribution >= 0.6 is 0 Å². The smallest absolute Gasteiger partial charge is 0.343 e. The topological polar surface area (TPSA) is 139 Å². The Bertz CT molecular complexity index is 2220. The first kappa shape index (κ1) is 46.6. The zero-order chi connectivity index (χ0) is 44.5. The molecule has 326 valence electrons. The summed E-state index contributed by atoms with van der Waals surface area (Å²) in [5.41, 5.74) is 2.60. The molecule has 63 heavy (non-hydrogen) atoms. The number of para-hydroxylation sites is 2. The standard InChI is InChI=1S/C51H52N2O10/c1-3-48(54)60-35-17-7-5-15-33-58-44-27-23-39(24-28-44)50(56)62-46-31-32-47(41(37-46)38-52-53(42-19-11-9-12-20-42)43-21-13-10-14-22-43)63-51(57)40-25-29-45(30-26-40)59-34-16-6-8-18-36-61-49(55)4-2/h3-4,9-14,19-32,37-38H,1-2,5-8,15-18,33-36H2. The highest BCUT2D eigenvalue weighted by molar-refractivity contribution is 5.95. The number of anilines is 2. The maximum absolute atomic E-state index is 13.5. The molecular weight excluding hydrogens is 801 g/mol. The Kier molecular flexibility index (Phi) is 19.2. The molecule has 0 radical (unpaired) electrons. The molecule has 5 aromatic rings. The van der Waals surface area contributed by atoms with Crippen LogP contribution in [0.1, 0.15) is 77.6 Å². The number of nitrogens with zero attached hydrogens (tertiary/aromatic N) is 2. The van der Waals surface area contributed by atoms with Crippen molar-refractivity contribution in [2.24, 2.45) is 5.10 Å². The summed E-state index contributed by atoms with van der Waals surface area (Å²) in [6, 6.07) is 37.3. The van der Waals surface area contributed by atoms with Gasteiger partial charge in [-0.05, 0) is 142 Å². The zero-order valence-corrected chi connectivity index (χ0v) is 35.2. The highest BCUT2D eigenvalue weighted by Crippen LogP contribution is 2.29. The van der Waals surface area contributed by atoms with E-state index in [1.165, 1.54) is 0 Å². The van der Waals surface area contributed by atoms with E-state index in [9.17, 15) is 19.2 Å². The van der Waals surface area contributed by atoms with Crippen molar-refractivity contribution in [3.63, 3.8) is 0 Å². The summed E-state index contributed by atoms with van der Waals surface area (Å²) in [5, 5.41) is 6.55. The molecule has 0 atom stereocenters. The third-order valence-electron chi connectivity index (χ3n) is 9.33. The third-order valence-corrected chi connectivity index (χ3v) is 9.33. The molecular formula is C51H52N2O10. The fraction of sp³-hybridized carbons (Fsp3) is 0.235. The van der Waals surface area contributed by atoms with E-state index >= 15 is 0 Å². The van der Waals surface area contributed by atoms with Gasteiger partial charge < -0.3 is 28.4 Å². The number of esters is 4. The SMILES string of the molecule is C=CC(=O)OCCCCCCOc1ccc(C(=O)Oc2ccc(OC(=O)c3ccc(OCCCCCCOC(=O)C=C)cc3)c(C=NN(c3ccccc3)c3ccccc3)c2)cc1. The van der Waals surface area contributed by atoms with Gasteiger partial charge in [-0.2, -0.15) is 5.10 Å². The van der Waals surface area contributed by atoms with Gasteiger partial charge in [0, 0.05) is 17.7 Å². The molecule has 0 aliphatic carbocycles. The summed E-state index contributed by atoms with van der Waals surface area (Å²) in [5.74, 6) is -0.380. The lowest BCUT2D eigenvalue weighted by Gasteiger charge is -2.19. The van der Waals surface area contributed by atoms with Crippen LogP contribution in [0, 0.1) is 0 Å². The Hall–Kier alpha value is -7.47. The number of hydrazone groups is 1. The van der Waals surface area contributed by atoms with Gasteiger partial charge in [0.1, 0.15) is 23.0 Å². The number of carbonyl (C=O) groups excluding carboxylic acids is 4. The molecule has 5 aromatic carbocycles. The van der Waals surface area contributed by atoms with E-state index in [-0.39, 0.29) is 11.5 Å². The summed E-state index contributed by atoms with van der Waals surface area (Å²) < 4.78 is 33.4. The van der Waals surface area contributed by atoms with Gasteiger partial charge in [0.25, 0.3) is 0 Å². The summed E-state index contributed by atoms with van der Waals surface area (Å²) in [4.78, 5) is 49.1. The van der Waals surface area contributed by atoms with E-state index in [1.807, 2.05) is 60.7 Å². The molecule has 0 spiro atoms. The van der Waals surface area contributed by atoms with Crippen LogP contribution in [0.5, 0.6) is 23.0 Å². The fourth-order valence-corrected chi connectivity index (χ4v) is 5.98. The lowest BCUT2D eigenvalue weighted by Crippen LogP contribution is -2.12. The number of ether oxygens (including phenoxy) is 6. The van der Waals surface area contributed by atoms with Crippen LogP contribution < -0.4 is 24.0 Å². The Morgan fingerprint density at radius 2 is 0.921 bits per heavy atom. The number of rotatable bonds is 26. The minimum absolute atomic E-state index is 0.196. The lowest BCUT2D eigenvalue weighted by molar-refractivity contribution is -0.138. The highest BCUT2D eigenvalue weighted by atomic mass is 16.5. The average Bonchev–Trinajstić information content (AvgIpc) is 3.32. The first-order chi connectivity index (χ1) is 30.8. The van der Waals surface area contributed by atoms with Crippen molar-refractivity contribution in [1.82, 2.24) is 0 Å². The second kappa shape index (κ2) is 26.0. The molecule has 12 heteroatoms. The van der Waals surface area contributed by atoms with Crippen molar-refractivity contribution in [3.8, 4) is 23.0 Å². The van der Waals surface area contributed by atoms with E-state index in [0.29, 0.717) is 54.6 Å². The molecule has 0 N–H and O–H groups in total. The number of carbonyl (C=O) groups is 4. The number of hydrogen-bond acceptors (Lipinski definition) is 12. The molecule has 0 saturated heterocycles. The second-order valence-electron chi connectivity index (χ2n) is 14.0. The molecule has 0 saturated carbocycles. The Balaban J connectivity index is 1.22. The molecule has 0 aliphatic heterocycles. The number of benzene rings is 5. The Morgan fingerprint density at radius 1 is 0.492 bits per heavy atom. The van der Waals surface area contributed by atoms with Gasteiger partial charge in [0.2, 0.25) is 0 Å². The van der Waals surface area contributed by atoms with Crippen LogP contribution in [-0.2, 0) is 19.1 Å². The molecule has 0 bridgehead atoms. The van der Waals surface area contributed by atoms with Crippen LogP contribution in [0.3, 0.4) is 0 Å². The molecule has 0 heterocycles. The van der Waals surface area contributed by atoms with Crippen molar-refractivity contribution in [1.29, 1.82) is 0 Å². The monoisotopic (exact) mass is 852 g/mol. The van der Waals surface area contributed by atoms with Crippen LogP contribution in [0.2, 0.25) is 0 Å². The average molecular weight is 853 g/mol. The van der Waals surface area contributed by atoms with Crippen molar-refractivity contribution in [2.45, 2.75) is 51.4 Å². The van der Waals surface area contributed by atoms with Crippen molar-refractivity contribution in [3.05, 3.63) is 169 Å². The normalized spacial score (nSPS) is 10.7. The van der Waals surface area contributed by atoms with Gasteiger partial charge in [0.05, 0.1) is 55.1 Å². The van der Waals surface area contributed by atoms with E-state index in [0.717, 1.165) is 74.9 Å². The third kappa shape index (κ3) is 16.1. The minimum atomic E-state index is -0.602. The van der Waals surface area contributed by atoms with Gasteiger partial charge in [0.15, 0.2) is 0 Å². The van der Waals surface area contributed by atoms with Crippen LogP contribution in [0.25, 0.3) is 0 Å². The summed E-state index contributed by atoms with van der Waals surface area (Å²) >= 11 is 0. The van der Waals surface area contributed by atoms with Crippen LogP contribution in [0.15, 0.2) is 158 Å². The summed E-state index contributed by atoms with van der Waals surface area (Å²) in [6.45, 7) is 8.51. The Labute approximate surface area is 368 Å². The predicted octanol–water partition coefficient (Wildman–Crippen LogP) is 10.6. The second-order valence-corrected chi connectivity index (χ2v) is 14.0. The fourth-order valence-electron chi connectivity index (χ4n) is 5.98. The first-order valence-corrected chi connectivity index (χ1v) is 20.9. The number of unbranched alkanes of at least 4 members (excludes halogenated alkanes) is 6. The van der Waals surface area contributed by atoms with Gasteiger partial charge in [-0.3, -0.25) is 0 Å². The van der Waals surface area contributed by atoms with E-state index in [4.69, 9.17) is 33.5 Å². The van der Waals surface area contributed by atoms with Gasteiger partial charge in [-0.25, -0.2) is 24.2 Å². The molecule has 0 fully saturated rings. The first-order valence-electron chi connectivity index (χ1n) is 20.9. The van der Waals surface area contributed by atoms with Gasteiger partial charge >= 0.3 is 23.9 Å². The largest absolute Gasteiger partial charge is 0.494 e. The Morgan fingerprint density at radius 3 is 1.38 bits per heavy atom. The maximum atomic E-state index is 13.5. The maximum Gasteiger partial charge on any atom is 0.343 e. The summed E-state index contributed by atoms with van der Waals surface area (Å²) in [6.07, 6.45) is 10.7. The molecule has 0 aliphatic rings. The van der Waals surface area contributed by atoms with Crippen molar-refractivity contribution in [2.75, 3.05) is 31.4 Å². The molecule has 5 rings (SSSR count). The van der Waals surface area contributed by atoms with Crippen LogP contribution in [0.4, 0.5) is 11.4 Å². The van der Waals surface area contributed by atoms with Crippen molar-refractivity contribution >= 4 is 41.5 Å². The quantitative estimate of drug-likeness (QED) is 0.0131. The highest BCUT2D eigenvalue weighted by Gasteiger charge is 2.16. The number of hydrogen-bond donors (Lipinski definition) is 0. The summed E-state index contributed by atoms with van der Waals surface area (Å²) in [7, 11) is 0. The van der Waals surface area contributed by atoms with E-state index in [2.05, 4.69) is 13.2 Å². The predicted molar refractivity (Wildman–Crippen MR) is 242 cm³/mol. The van der Waals surface area contributed by atoms with E-state index < -0.39 is 23.9 Å². The van der Waals surface area contributed by atoms with Gasteiger partial charge in [-0.1, -0.05) is 49.6 Å². The minimum Gasteiger partial charge on any atom is -0.494 e. The van der Waals surface area contributed by atoms with Crippen LogP contribution in [-0.4, -0.2) is 56.5 Å². The molecule has 12 nitrogen and oxygen atoms in total. The van der Waals surface area contributed by atoms with Crippen molar-refractivity contribution < 1.29 is 47.6 Å². The molecule has 0 unspecified atom stereocenters. The molecule has 0 amide bonds. The zero-order valence-electron chi connectivity index (χ0n) is 35.2. The van der Waals surface area contributed by atoms with E-state index in [1.54, 1.807) is 78.0 Å². The molecule has 0 aromatic heterocycles.